The molecule has 0 saturated heterocycles. The standard InChI is InChI=1S/C18H22O4/c1-10-8-13(9-16(22-5)11(10)2)12(3)14-6-7-15(21-4)18(20)17(14)19/h6-9,12,19-20H,1-5H3. The number of phenolic OH excluding ortho intramolecular Hbond substituents is 2. The van der Waals surface area contributed by atoms with E-state index in [-0.39, 0.29) is 23.2 Å². The van der Waals surface area contributed by atoms with E-state index in [1.54, 1.807) is 19.2 Å². The molecule has 1 unspecified atom stereocenters. The third-order valence-electron chi connectivity index (χ3n) is 4.19. The van der Waals surface area contributed by atoms with E-state index in [0.717, 1.165) is 22.4 Å². The van der Waals surface area contributed by atoms with Gasteiger partial charge in [0, 0.05) is 11.5 Å². The molecule has 22 heavy (non-hydrogen) atoms. The van der Waals surface area contributed by atoms with E-state index in [9.17, 15) is 10.2 Å². The van der Waals surface area contributed by atoms with Crippen LogP contribution in [0.5, 0.6) is 23.0 Å². The fraction of sp³-hybridized carbons (Fsp3) is 0.333. The summed E-state index contributed by atoms with van der Waals surface area (Å²) in [4.78, 5) is 0. The maximum Gasteiger partial charge on any atom is 0.200 e. The van der Waals surface area contributed by atoms with Crippen LogP contribution in [0.2, 0.25) is 0 Å². The number of benzene rings is 2. The molecule has 0 radical (unpaired) electrons. The molecule has 0 spiro atoms. The van der Waals surface area contributed by atoms with E-state index in [1.165, 1.54) is 7.11 Å². The Morgan fingerprint density at radius 2 is 1.55 bits per heavy atom. The molecule has 0 heterocycles. The fourth-order valence-corrected chi connectivity index (χ4v) is 2.59. The van der Waals surface area contributed by atoms with Crippen LogP contribution in [-0.4, -0.2) is 24.4 Å². The number of methoxy groups -OCH3 is 2. The van der Waals surface area contributed by atoms with Crippen molar-refractivity contribution in [1.29, 1.82) is 0 Å². The molecule has 0 fully saturated rings. The van der Waals surface area contributed by atoms with Crippen LogP contribution in [0.25, 0.3) is 0 Å². The minimum absolute atomic E-state index is 0.0926. The summed E-state index contributed by atoms with van der Waals surface area (Å²) in [5.41, 5.74) is 3.88. The largest absolute Gasteiger partial charge is 0.504 e. The predicted molar refractivity (Wildman–Crippen MR) is 86.3 cm³/mol. The number of hydrogen-bond donors (Lipinski definition) is 2. The van der Waals surface area contributed by atoms with E-state index in [2.05, 4.69) is 6.07 Å². The van der Waals surface area contributed by atoms with Gasteiger partial charge in [-0.25, -0.2) is 0 Å². The van der Waals surface area contributed by atoms with Gasteiger partial charge in [-0.15, -0.1) is 0 Å². The number of aromatic hydroxyl groups is 2. The van der Waals surface area contributed by atoms with Crippen LogP contribution >= 0.6 is 0 Å². The first-order chi connectivity index (χ1) is 10.4. The van der Waals surface area contributed by atoms with E-state index >= 15 is 0 Å². The van der Waals surface area contributed by atoms with Gasteiger partial charge >= 0.3 is 0 Å². The van der Waals surface area contributed by atoms with Crippen molar-refractivity contribution in [3.8, 4) is 23.0 Å². The van der Waals surface area contributed by atoms with Crippen molar-refractivity contribution in [3.63, 3.8) is 0 Å². The first kappa shape index (κ1) is 16.0. The van der Waals surface area contributed by atoms with Gasteiger partial charge < -0.3 is 19.7 Å². The summed E-state index contributed by atoms with van der Waals surface area (Å²) >= 11 is 0. The van der Waals surface area contributed by atoms with E-state index in [0.29, 0.717) is 5.56 Å². The van der Waals surface area contributed by atoms with E-state index in [4.69, 9.17) is 9.47 Å². The monoisotopic (exact) mass is 302 g/mol. The van der Waals surface area contributed by atoms with Gasteiger partial charge in [0.25, 0.3) is 0 Å². The maximum atomic E-state index is 10.2. The normalized spacial score (nSPS) is 12.0. The summed E-state index contributed by atoms with van der Waals surface area (Å²) in [5, 5.41) is 20.2. The lowest BCUT2D eigenvalue weighted by Gasteiger charge is -2.19. The van der Waals surface area contributed by atoms with Crippen LogP contribution < -0.4 is 9.47 Å². The summed E-state index contributed by atoms with van der Waals surface area (Å²) in [5.74, 6) is 0.599. The minimum Gasteiger partial charge on any atom is -0.504 e. The first-order valence-corrected chi connectivity index (χ1v) is 7.14. The van der Waals surface area contributed by atoms with Crippen molar-refractivity contribution in [2.75, 3.05) is 14.2 Å². The zero-order chi connectivity index (χ0) is 16.4. The van der Waals surface area contributed by atoms with Gasteiger partial charge in [0.1, 0.15) is 5.75 Å². The molecular formula is C18H22O4. The summed E-state index contributed by atoms with van der Waals surface area (Å²) in [6, 6.07) is 7.45. The first-order valence-electron chi connectivity index (χ1n) is 7.14. The number of aryl methyl sites for hydroxylation is 1. The number of rotatable bonds is 4. The molecule has 0 aromatic heterocycles. The molecule has 0 aliphatic heterocycles. The third kappa shape index (κ3) is 2.69. The molecule has 2 N–H and O–H groups in total. The second-order valence-corrected chi connectivity index (χ2v) is 5.44. The molecule has 2 rings (SSSR count). The summed E-state index contributed by atoms with van der Waals surface area (Å²) < 4.78 is 10.4. The summed E-state index contributed by atoms with van der Waals surface area (Å²) in [6.07, 6.45) is 0. The highest BCUT2D eigenvalue weighted by Gasteiger charge is 2.19. The molecule has 118 valence electrons. The van der Waals surface area contributed by atoms with Crippen molar-refractivity contribution in [2.24, 2.45) is 0 Å². The second kappa shape index (κ2) is 6.18. The van der Waals surface area contributed by atoms with Gasteiger partial charge in [-0.1, -0.05) is 19.1 Å². The third-order valence-corrected chi connectivity index (χ3v) is 4.19. The Bertz CT molecular complexity index is 692. The summed E-state index contributed by atoms with van der Waals surface area (Å²) in [7, 11) is 3.10. The average molecular weight is 302 g/mol. The van der Waals surface area contributed by atoms with Crippen LogP contribution in [0.15, 0.2) is 24.3 Å². The van der Waals surface area contributed by atoms with Gasteiger partial charge in [-0.2, -0.15) is 0 Å². The Hall–Kier alpha value is -2.36. The molecule has 0 bridgehead atoms. The Kier molecular flexibility index (Phi) is 4.50. The Balaban J connectivity index is 2.51. The molecule has 0 aliphatic carbocycles. The molecule has 0 aliphatic rings. The molecular weight excluding hydrogens is 280 g/mol. The molecule has 2 aromatic carbocycles. The lowest BCUT2D eigenvalue weighted by atomic mass is 9.89. The highest BCUT2D eigenvalue weighted by Crippen LogP contribution is 2.43. The SMILES string of the molecule is COc1cc(C(C)c2ccc(OC)c(O)c2O)cc(C)c1C. The van der Waals surface area contributed by atoms with Crippen LogP contribution in [0.4, 0.5) is 0 Å². The van der Waals surface area contributed by atoms with Gasteiger partial charge in [0.2, 0.25) is 5.75 Å². The minimum atomic E-state index is -0.234. The maximum absolute atomic E-state index is 10.2. The van der Waals surface area contributed by atoms with E-state index < -0.39 is 0 Å². The highest BCUT2D eigenvalue weighted by atomic mass is 16.5. The Morgan fingerprint density at radius 3 is 2.14 bits per heavy atom. The molecule has 1 atom stereocenters. The van der Waals surface area contributed by atoms with Gasteiger partial charge in [-0.05, 0) is 42.7 Å². The molecule has 4 heteroatoms. The van der Waals surface area contributed by atoms with Crippen molar-refractivity contribution in [2.45, 2.75) is 26.7 Å². The molecule has 4 nitrogen and oxygen atoms in total. The predicted octanol–water partition coefficient (Wildman–Crippen LogP) is 3.88. The lowest BCUT2D eigenvalue weighted by Crippen LogP contribution is -2.00. The second-order valence-electron chi connectivity index (χ2n) is 5.44. The summed E-state index contributed by atoms with van der Waals surface area (Å²) in [6.45, 7) is 6.02. The zero-order valence-electron chi connectivity index (χ0n) is 13.6. The number of ether oxygens (including phenoxy) is 2. The van der Waals surface area contributed by atoms with Gasteiger partial charge in [-0.3, -0.25) is 0 Å². The zero-order valence-corrected chi connectivity index (χ0v) is 13.6. The van der Waals surface area contributed by atoms with Crippen LogP contribution in [0.3, 0.4) is 0 Å². The Morgan fingerprint density at radius 1 is 0.909 bits per heavy atom. The number of phenols is 2. The van der Waals surface area contributed by atoms with Crippen molar-refractivity contribution >= 4 is 0 Å². The van der Waals surface area contributed by atoms with Crippen molar-refractivity contribution < 1.29 is 19.7 Å². The van der Waals surface area contributed by atoms with Crippen LogP contribution in [-0.2, 0) is 0 Å². The molecule has 2 aromatic rings. The van der Waals surface area contributed by atoms with E-state index in [1.807, 2.05) is 26.8 Å². The van der Waals surface area contributed by atoms with Gasteiger partial charge in [0.15, 0.2) is 11.5 Å². The van der Waals surface area contributed by atoms with Crippen LogP contribution in [0.1, 0.15) is 35.1 Å². The number of hydrogen-bond acceptors (Lipinski definition) is 4. The molecule has 0 amide bonds. The topological polar surface area (TPSA) is 58.9 Å². The van der Waals surface area contributed by atoms with Gasteiger partial charge in [0.05, 0.1) is 14.2 Å². The Labute approximate surface area is 130 Å². The lowest BCUT2D eigenvalue weighted by molar-refractivity contribution is 0.348. The quantitative estimate of drug-likeness (QED) is 0.841. The molecule has 0 saturated carbocycles. The average Bonchev–Trinajstić information content (AvgIpc) is 2.51. The van der Waals surface area contributed by atoms with Crippen molar-refractivity contribution in [3.05, 3.63) is 46.5 Å². The highest BCUT2D eigenvalue weighted by molar-refractivity contribution is 5.57. The van der Waals surface area contributed by atoms with Crippen molar-refractivity contribution in [1.82, 2.24) is 0 Å². The van der Waals surface area contributed by atoms with Crippen LogP contribution in [0, 0.1) is 13.8 Å². The smallest absolute Gasteiger partial charge is 0.200 e. The fourth-order valence-electron chi connectivity index (χ4n) is 2.59.